The molecule has 0 fully saturated rings. The maximum Gasteiger partial charge on any atom is 0.328 e. The largest absolute Gasteiger partial charge is 0.464 e. The molecule has 0 radical (unpaired) electrons. The van der Waals surface area contributed by atoms with Crippen molar-refractivity contribution in [3.63, 3.8) is 0 Å². The van der Waals surface area contributed by atoms with Crippen LogP contribution in [0.15, 0.2) is 24.3 Å². The van der Waals surface area contributed by atoms with Crippen molar-refractivity contribution in [1.82, 2.24) is 5.32 Å². The Morgan fingerprint density at radius 1 is 1.33 bits per heavy atom. The summed E-state index contributed by atoms with van der Waals surface area (Å²) in [4.78, 5) is 22.8. The molecule has 0 saturated heterocycles. The summed E-state index contributed by atoms with van der Waals surface area (Å²) in [5, 5.41) is 2.61. The van der Waals surface area contributed by atoms with Gasteiger partial charge in [-0.1, -0.05) is 12.1 Å². The van der Waals surface area contributed by atoms with Gasteiger partial charge in [0.1, 0.15) is 6.04 Å². The summed E-state index contributed by atoms with van der Waals surface area (Å²) in [6.45, 7) is 3.44. The molecule has 1 aromatic rings. The molecule has 0 saturated carbocycles. The lowest BCUT2D eigenvalue weighted by atomic mass is 10.1. The number of ether oxygens (including phenoxy) is 1. The van der Waals surface area contributed by atoms with E-state index >= 15 is 0 Å². The minimum Gasteiger partial charge on any atom is -0.464 e. The van der Waals surface area contributed by atoms with Crippen LogP contribution in [0.5, 0.6) is 0 Å². The molecule has 1 amide bonds. The van der Waals surface area contributed by atoms with E-state index in [0.29, 0.717) is 13.0 Å². The first-order chi connectivity index (χ1) is 8.52. The molecule has 0 aliphatic rings. The smallest absolute Gasteiger partial charge is 0.328 e. The Morgan fingerprint density at radius 3 is 2.44 bits per heavy atom. The Hall–Kier alpha value is -1.11. The lowest BCUT2D eigenvalue weighted by molar-refractivity contribution is -0.147. The Kier molecular flexibility index (Phi) is 6.11. The van der Waals surface area contributed by atoms with Gasteiger partial charge in [-0.3, -0.25) is 4.79 Å². The second-order valence-electron chi connectivity index (χ2n) is 3.84. The molecule has 1 atom stereocenters. The van der Waals surface area contributed by atoms with E-state index in [1.807, 2.05) is 24.3 Å². The molecule has 0 aliphatic carbocycles. The standard InChI is InChI=1S/C13H16INO3/c1-3-18-13(17)12(15-9(2)16)8-10-4-6-11(14)7-5-10/h4-7,12H,3,8H2,1-2H3,(H,15,16). The van der Waals surface area contributed by atoms with Crippen molar-refractivity contribution in [2.24, 2.45) is 0 Å². The van der Waals surface area contributed by atoms with E-state index in [-0.39, 0.29) is 5.91 Å². The number of carbonyl (C=O) groups excluding carboxylic acids is 2. The average Bonchev–Trinajstić information content (AvgIpc) is 2.31. The molecule has 98 valence electrons. The summed E-state index contributed by atoms with van der Waals surface area (Å²) in [6.07, 6.45) is 0.440. The zero-order valence-electron chi connectivity index (χ0n) is 10.4. The van der Waals surface area contributed by atoms with E-state index in [4.69, 9.17) is 4.74 Å². The van der Waals surface area contributed by atoms with E-state index in [1.165, 1.54) is 6.92 Å². The number of halogens is 1. The molecule has 0 heterocycles. The minimum atomic E-state index is -0.623. The van der Waals surface area contributed by atoms with Crippen LogP contribution < -0.4 is 5.32 Å². The number of amides is 1. The fraction of sp³-hybridized carbons (Fsp3) is 0.385. The SMILES string of the molecule is CCOC(=O)C(Cc1ccc(I)cc1)NC(C)=O. The van der Waals surface area contributed by atoms with Crippen LogP contribution in [0.1, 0.15) is 19.4 Å². The third-order valence-corrected chi connectivity index (χ3v) is 3.02. The second-order valence-corrected chi connectivity index (χ2v) is 5.08. The zero-order valence-corrected chi connectivity index (χ0v) is 12.6. The monoisotopic (exact) mass is 361 g/mol. The summed E-state index contributed by atoms with van der Waals surface area (Å²) < 4.78 is 6.07. The van der Waals surface area contributed by atoms with Crippen LogP contribution in [0.2, 0.25) is 0 Å². The molecule has 1 aromatic carbocycles. The highest BCUT2D eigenvalue weighted by atomic mass is 127. The maximum atomic E-state index is 11.7. The van der Waals surface area contributed by atoms with Gasteiger partial charge in [-0.25, -0.2) is 4.79 Å². The van der Waals surface area contributed by atoms with Crippen molar-refractivity contribution in [2.75, 3.05) is 6.61 Å². The molecule has 1 N–H and O–H groups in total. The molecule has 4 nitrogen and oxygen atoms in total. The molecule has 18 heavy (non-hydrogen) atoms. The third-order valence-electron chi connectivity index (χ3n) is 2.30. The van der Waals surface area contributed by atoms with Crippen LogP contribution in [-0.2, 0) is 20.7 Å². The third kappa shape index (κ3) is 5.03. The molecule has 0 aromatic heterocycles. The van der Waals surface area contributed by atoms with Gasteiger partial charge in [0.15, 0.2) is 0 Å². The molecular formula is C13H16INO3. The van der Waals surface area contributed by atoms with Crippen LogP contribution in [-0.4, -0.2) is 24.5 Å². The summed E-state index contributed by atoms with van der Waals surface area (Å²) in [7, 11) is 0. The summed E-state index contributed by atoms with van der Waals surface area (Å²) in [6, 6.07) is 7.19. The van der Waals surface area contributed by atoms with Crippen LogP contribution in [0.4, 0.5) is 0 Å². The molecule has 5 heteroatoms. The highest BCUT2D eigenvalue weighted by molar-refractivity contribution is 14.1. The summed E-state index contributed by atoms with van der Waals surface area (Å²) in [5.74, 6) is -0.634. The van der Waals surface area contributed by atoms with Crippen molar-refractivity contribution in [2.45, 2.75) is 26.3 Å². The van der Waals surface area contributed by atoms with E-state index in [9.17, 15) is 9.59 Å². The first-order valence-corrected chi connectivity index (χ1v) is 6.79. The quantitative estimate of drug-likeness (QED) is 0.644. The predicted molar refractivity (Wildman–Crippen MR) is 77.1 cm³/mol. The normalized spacial score (nSPS) is 11.7. The van der Waals surface area contributed by atoms with Crippen LogP contribution in [0.3, 0.4) is 0 Å². The summed E-state index contributed by atoms with van der Waals surface area (Å²) in [5.41, 5.74) is 0.988. The predicted octanol–water partition coefficient (Wildman–Crippen LogP) is 1.90. The maximum absolute atomic E-state index is 11.7. The number of hydrogen-bond donors (Lipinski definition) is 1. The van der Waals surface area contributed by atoms with Crippen molar-refractivity contribution in [3.05, 3.63) is 33.4 Å². The van der Waals surface area contributed by atoms with E-state index in [1.54, 1.807) is 6.92 Å². The lowest BCUT2D eigenvalue weighted by Gasteiger charge is -2.16. The van der Waals surface area contributed by atoms with Gasteiger partial charge in [-0.2, -0.15) is 0 Å². The van der Waals surface area contributed by atoms with Gasteiger partial charge in [-0.05, 0) is 47.2 Å². The van der Waals surface area contributed by atoms with Gasteiger partial charge < -0.3 is 10.1 Å². The highest BCUT2D eigenvalue weighted by Gasteiger charge is 2.20. The Morgan fingerprint density at radius 2 is 1.94 bits per heavy atom. The van der Waals surface area contributed by atoms with E-state index in [0.717, 1.165) is 9.13 Å². The van der Waals surface area contributed by atoms with Gasteiger partial charge in [0.2, 0.25) is 5.91 Å². The zero-order chi connectivity index (χ0) is 13.5. The number of hydrogen-bond acceptors (Lipinski definition) is 3. The van der Waals surface area contributed by atoms with Gasteiger partial charge in [-0.15, -0.1) is 0 Å². The fourth-order valence-electron chi connectivity index (χ4n) is 1.54. The molecule has 1 rings (SSSR count). The Bertz CT molecular complexity index is 417. The first-order valence-electron chi connectivity index (χ1n) is 5.71. The fourth-order valence-corrected chi connectivity index (χ4v) is 1.90. The van der Waals surface area contributed by atoms with Gasteiger partial charge in [0.25, 0.3) is 0 Å². The van der Waals surface area contributed by atoms with Gasteiger partial charge in [0.05, 0.1) is 6.61 Å². The number of nitrogens with one attached hydrogen (secondary N) is 1. The topological polar surface area (TPSA) is 55.4 Å². The highest BCUT2D eigenvalue weighted by Crippen LogP contribution is 2.09. The molecule has 1 unspecified atom stereocenters. The van der Waals surface area contributed by atoms with Crippen molar-refractivity contribution < 1.29 is 14.3 Å². The number of benzene rings is 1. The van der Waals surface area contributed by atoms with E-state index < -0.39 is 12.0 Å². The van der Waals surface area contributed by atoms with Crippen molar-refractivity contribution in [1.29, 1.82) is 0 Å². The van der Waals surface area contributed by atoms with Crippen LogP contribution in [0.25, 0.3) is 0 Å². The lowest BCUT2D eigenvalue weighted by Crippen LogP contribution is -2.42. The van der Waals surface area contributed by atoms with Crippen LogP contribution in [0, 0.1) is 3.57 Å². The number of carbonyl (C=O) groups is 2. The molecule has 0 aliphatic heterocycles. The molecule has 0 spiro atoms. The summed E-state index contributed by atoms with van der Waals surface area (Å²) >= 11 is 2.22. The second kappa shape index (κ2) is 7.35. The average molecular weight is 361 g/mol. The number of esters is 1. The van der Waals surface area contributed by atoms with Crippen molar-refractivity contribution >= 4 is 34.5 Å². The number of rotatable bonds is 5. The van der Waals surface area contributed by atoms with Crippen molar-refractivity contribution in [3.8, 4) is 0 Å². The van der Waals surface area contributed by atoms with Gasteiger partial charge in [0, 0.05) is 16.9 Å². The Labute approximate surface area is 120 Å². The van der Waals surface area contributed by atoms with Gasteiger partial charge >= 0.3 is 5.97 Å². The van der Waals surface area contributed by atoms with E-state index in [2.05, 4.69) is 27.9 Å². The molecular weight excluding hydrogens is 345 g/mol. The molecule has 0 bridgehead atoms. The first kappa shape index (κ1) is 14.9. The minimum absolute atomic E-state index is 0.237. The Balaban J connectivity index is 2.74. The van der Waals surface area contributed by atoms with Crippen LogP contribution >= 0.6 is 22.6 Å².